The van der Waals surface area contributed by atoms with Gasteiger partial charge in [0, 0.05) is 44.8 Å². The Hall–Kier alpha value is -5.12. The molecular formula is C40H34Cl2N2O6. The number of benzene rings is 6. The van der Waals surface area contributed by atoms with Gasteiger partial charge >= 0.3 is 11.9 Å². The average Bonchev–Trinajstić information content (AvgIpc) is 3.12. The van der Waals surface area contributed by atoms with Crippen molar-refractivity contribution in [3.05, 3.63) is 155 Å². The van der Waals surface area contributed by atoms with Gasteiger partial charge in [-0.25, -0.2) is 9.59 Å². The van der Waals surface area contributed by atoms with E-state index in [4.69, 9.17) is 53.6 Å². The molecule has 0 bridgehead atoms. The number of hydrogen-bond acceptors (Lipinski definition) is 8. The van der Waals surface area contributed by atoms with Gasteiger partial charge in [-0.05, 0) is 35.0 Å². The quantitative estimate of drug-likeness (QED) is 0.0740. The normalized spacial score (nSPS) is 13.6. The van der Waals surface area contributed by atoms with Crippen molar-refractivity contribution in [1.82, 2.24) is 0 Å². The molecule has 0 fully saturated rings. The molecule has 2 unspecified atom stereocenters. The molecule has 0 saturated carbocycles. The molecule has 6 rings (SSSR count). The van der Waals surface area contributed by atoms with Crippen LogP contribution in [0.25, 0.3) is 21.5 Å². The summed E-state index contributed by atoms with van der Waals surface area (Å²) >= 11 is 13.0. The van der Waals surface area contributed by atoms with Crippen LogP contribution in [0.15, 0.2) is 133 Å². The number of fused-ring (bicyclic) bond motifs is 2. The third kappa shape index (κ3) is 7.69. The summed E-state index contributed by atoms with van der Waals surface area (Å²) < 4.78 is 23.6. The number of carbonyl (C=O) groups excluding carboxylic acids is 2. The zero-order chi connectivity index (χ0) is 35.1. The molecule has 0 aliphatic heterocycles. The maximum Gasteiger partial charge on any atom is 0.419 e. The van der Waals surface area contributed by atoms with E-state index in [1.807, 2.05) is 84.9 Å². The molecule has 50 heavy (non-hydrogen) atoms. The largest absolute Gasteiger partial charge is 0.493 e. The third-order valence-electron chi connectivity index (χ3n) is 8.34. The fraction of sp³-hybridized carbons (Fsp3) is 0.150. The Balaban J connectivity index is 1.20. The van der Waals surface area contributed by atoms with Crippen LogP contribution in [0.4, 0.5) is 0 Å². The predicted octanol–water partition coefficient (Wildman–Crippen LogP) is 8.25. The summed E-state index contributed by atoms with van der Waals surface area (Å²) in [7, 11) is 0. The first kappa shape index (κ1) is 34.7. The minimum absolute atomic E-state index is 0.0179. The summed E-state index contributed by atoms with van der Waals surface area (Å²) in [5.41, 5.74) is 10.3. The second-order valence-electron chi connectivity index (χ2n) is 11.7. The number of esters is 2. The van der Waals surface area contributed by atoms with Crippen LogP contribution in [0.3, 0.4) is 0 Å². The SMILES string of the molecule is NC(CCOc1cccc2ccccc12)(OC(=O)C(=O)OC(N)(CCOc1cccc2ccccc12)c1ccccc1Cl)c1ccccc1Cl. The van der Waals surface area contributed by atoms with Crippen LogP contribution in [0.1, 0.15) is 24.0 Å². The predicted molar refractivity (Wildman–Crippen MR) is 195 cm³/mol. The highest BCUT2D eigenvalue weighted by Crippen LogP contribution is 2.34. The van der Waals surface area contributed by atoms with Crippen molar-refractivity contribution < 1.29 is 28.5 Å². The van der Waals surface area contributed by atoms with E-state index < -0.39 is 23.4 Å². The lowest BCUT2D eigenvalue weighted by atomic mass is 9.99. The number of carbonyl (C=O) groups is 2. The van der Waals surface area contributed by atoms with Gasteiger partial charge in [-0.3, -0.25) is 11.5 Å². The molecule has 0 aliphatic rings. The maximum atomic E-state index is 13.5. The molecule has 254 valence electrons. The highest BCUT2D eigenvalue weighted by Gasteiger charge is 2.41. The smallest absolute Gasteiger partial charge is 0.419 e. The Morgan fingerprint density at radius 1 is 0.500 bits per heavy atom. The van der Waals surface area contributed by atoms with E-state index in [0.29, 0.717) is 11.5 Å². The molecule has 0 saturated heterocycles. The van der Waals surface area contributed by atoms with Gasteiger partial charge in [-0.1, -0.05) is 132 Å². The molecule has 0 aromatic heterocycles. The topological polar surface area (TPSA) is 123 Å². The van der Waals surface area contributed by atoms with Gasteiger partial charge in [0.15, 0.2) is 11.4 Å². The minimum Gasteiger partial charge on any atom is -0.493 e. The van der Waals surface area contributed by atoms with Crippen molar-refractivity contribution in [2.75, 3.05) is 13.2 Å². The first-order valence-electron chi connectivity index (χ1n) is 15.9. The Kier molecular flexibility index (Phi) is 10.6. The highest BCUT2D eigenvalue weighted by molar-refractivity contribution is 6.32. The standard InChI is InChI=1S/C40H34Cl2N2O6/c41-33-19-7-5-17-31(33)39(43,23-25-47-35-21-9-13-27-11-1-3-15-29(27)35)49-37(45)38(46)50-40(44,32-18-6-8-20-34(32)42)24-26-48-36-22-10-14-28-12-2-4-16-30(28)36/h1-22H,23-26,43-44H2. The minimum atomic E-state index is -1.88. The molecule has 6 aromatic rings. The number of rotatable bonds is 12. The zero-order valence-electron chi connectivity index (χ0n) is 26.9. The highest BCUT2D eigenvalue weighted by atomic mass is 35.5. The fourth-order valence-corrected chi connectivity index (χ4v) is 6.36. The van der Waals surface area contributed by atoms with E-state index in [-0.39, 0.29) is 47.2 Å². The maximum absolute atomic E-state index is 13.5. The van der Waals surface area contributed by atoms with Crippen molar-refractivity contribution in [2.45, 2.75) is 24.3 Å². The van der Waals surface area contributed by atoms with Crippen molar-refractivity contribution in [2.24, 2.45) is 11.5 Å². The van der Waals surface area contributed by atoms with E-state index in [1.54, 1.807) is 48.5 Å². The van der Waals surface area contributed by atoms with Crippen molar-refractivity contribution >= 4 is 56.7 Å². The lowest BCUT2D eigenvalue weighted by Gasteiger charge is -2.32. The molecule has 0 amide bonds. The van der Waals surface area contributed by atoms with Gasteiger partial charge in [0.2, 0.25) is 0 Å². The van der Waals surface area contributed by atoms with E-state index >= 15 is 0 Å². The molecule has 0 radical (unpaired) electrons. The molecule has 6 aromatic carbocycles. The van der Waals surface area contributed by atoms with Crippen LogP contribution in [-0.4, -0.2) is 25.2 Å². The summed E-state index contributed by atoms with van der Waals surface area (Å²) in [5.74, 6) is -1.52. The number of hydrogen-bond donors (Lipinski definition) is 2. The monoisotopic (exact) mass is 708 g/mol. The van der Waals surface area contributed by atoms with Crippen LogP contribution in [0.2, 0.25) is 10.0 Å². The number of nitrogens with two attached hydrogens (primary N) is 2. The Morgan fingerprint density at radius 3 is 1.28 bits per heavy atom. The van der Waals surface area contributed by atoms with Crippen LogP contribution < -0.4 is 20.9 Å². The molecule has 0 spiro atoms. The molecule has 10 heteroatoms. The third-order valence-corrected chi connectivity index (χ3v) is 9.00. The van der Waals surface area contributed by atoms with Gasteiger partial charge in [0.25, 0.3) is 0 Å². The second kappa shape index (κ2) is 15.2. The van der Waals surface area contributed by atoms with Crippen molar-refractivity contribution in [3.8, 4) is 11.5 Å². The summed E-state index contributed by atoms with van der Waals surface area (Å²) in [6.45, 7) is 0.0357. The van der Waals surface area contributed by atoms with Crippen LogP contribution in [-0.2, 0) is 30.5 Å². The zero-order valence-corrected chi connectivity index (χ0v) is 28.4. The second-order valence-corrected chi connectivity index (χ2v) is 12.5. The van der Waals surface area contributed by atoms with Crippen LogP contribution in [0, 0.1) is 0 Å². The molecule has 0 aliphatic carbocycles. The van der Waals surface area contributed by atoms with E-state index in [2.05, 4.69) is 0 Å². The summed E-state index contributed by atoms with van der Waals surface area (Å²) in [6.07, 6.45) is -0.119. The lowest BCUT2D eigenvalue weighted by Crippen LogP contribution is -2.48. The lowest BCUT2D eigenvalue weighted by molar-refractivity contribution is -0.189. The molecule has 0 heterocycles. The van der Waals surface area contributed by atoms with E-state index in [0.717, 1.165) is 21.5 Å². The van der Waals surface area contributed by atoms with Gasteiger partial charge in [0.05, 0.1) is 13.2 Å². The van der Waals surface area contributed by atoms with Gasteiger partial charge < -0.3 is 18.9 Å². The molecule has 2 atom stereocenters. The first-order valence-corrected chi connectivity index (χ1v) is 16.7. The number of ether oxygens (including phenoxy) is 4. The molecule has 8 nitrogen and oxygen atoms in total. The molecule has 4 N–H and O–H groups in total. The summed E-state index contributed by atoms with van der Waals surface area (Å²) in [4.78, 5) is 27.0. The average molecular weight is 710 g/mol. The van der Waals surface area contributed by atoms with Crippen molar-refractivity contribution in [3.63, 3.8) is 0 Å². The van der Waals surface area contributed by atoms with Crippen LogP contribution in [0.5, 0.6) is 11.5 Å². The summed E-state index contributed by atoms with van der Waals surface area (Å²) in [6, 6.07) is 40.1. The van der Waals surface area contributed by atoms with Crippen LogP contribution >= 0.6 is 23.2 Å². The Labute approximate surface area is 299 Å². The molecular weight excluding hydrogens is 675 g/mol. The van der Waals surface area contributed by atoms with Gasteiger partial charge in [-0.2, -0.15) is 0 Å². The van der Waals surface area contributed by atoms with Gasteiger partial charge in [0.1, 0.15) is 11.5 Å². The summed E-state index contributed by atoms with van der Waals surface area (Å²) in [5, 5.41) is 4.26. The number of halogens is 2. The van der Waals surface area contributed by atoms with E-state index in [9.17, 15) is 9.59 Å². The van der Waals surface area contributed by atoms with Crippen molar-refractivity contribution in [1.29, 1.82) is 0 Å². The fourth-order valence-electron chi connectivity index (χ4n) is 5.77. The first-order chi connectivity index (χ1) is 24.2. The van der Waals surface area contributed by atoms with Gasteiger partial charge in [-0.15, -0.1) is 0 Å². The van der Waals surface area contributed by atoms with E-state index in [1.165, 1.54) is 0 Å². The Morgan fingerprint density at radius 2 is 0.860 bits per heavy atom. The Bertz CT molecular complexity index is 2000.